The van der Waals surface area contributed by atoms with E-state index in [1.54, 1.807) is 24.3 Å². The molecular weight excluding hydrogens is 607 g/mol. The molecule has 0 aliphatic carbocycles. The van der Waals surface area contributed by atoms with Crippen molar-refractivity contribution in [3.8, 4) is 33.8 Å². The molecule has 0 aliphatic heterocycles. The van der Waals surface area contributed by atoms with Crippen LogP contribution in [-0.2, 0) is 0 Å². The summed E-state index contributed by atoms with van der Waals surface area (Å²) in [4.78, 5) is 0. The van der Waals surface area contributed by atoms with Crippen molar-refractivity contribution >= 4 is 0 Å². The van der Waals surface area contributed by atoms with Crippen LogP contribution >= 0.6 is 0 Å². The molecule has 0 fully saturated rings. The number of hydrogen-bond acceptors (Lipinski definition) is 2. The van der Waals surface area contributed by atoms with Crippen LogP contribution < -0.4 is 9.47 Å². The minimum absolute atomic E-state index is 0.164. The van der Waals surface area contributed by atoms with Crippen LogP contribution in [0.3, 0.4) is 0 Å². The molecule has 0 N–H and O–H groups in total. The van der Waals surface area contributed by atoms with Gasteiger partial charge < -0.3 is 9.47 Å². The Morgan fingerprint density at radius 1 is 0.596 bits per heavy atom. The summed E-state index contributed by atoms with van der Waals surface area (Å²) in [5.41, 5.74) is 4.65. The predicted octanol–water partition coefficient (Wildman–Crippen LogP) is 12.5. The molecule has 2 nitrogen and oxygen atoms in total. The molecule has 0 heterocycles. The largest absolute Gasteiger partial charge is 0.493 e. The van der Waals surface area contributed by atoms with Gasteiger partial charge in [0.15, 0.2) is 0 Å². The van der Waals surface area contributed by atoms with Crippen molar-refractivity contribution < 1.29 is 31.4 Å². The molecule has 47 heavy (non-hydrogen) atoms. The minimum Gasteiger partial charge on any atom is -0.493 e. The van der Waals surface area contributed by atoms with Crippen LogP contribution in [0.1, 0.15) is 89.2 Å². The summed E-state index contributed by atoms with van der Waals surface area (Å²) in [7, 11) is 0. The van der Waals surface area contributed by atoms with Gasteiger partial charge in [-0.2, -0.15) is 13.2 Å². The van der Waals surface area contributed by atoms with Gasteiger partial charge in [0.2, 0.25) is 0 Å². The Morgan fingerprint density at radius 2 is 1.04 bits per heavy atom. The second-order valence-corrected chi connectivity index (χ2v) is 12.2. The highest BCUT2D eigenvalue weighted by Gasteiger charge is 2.39. The third-order valence-electron chi connectivity index (χ3n) is 9.01. The first-order chi connectivity index (χ1) is 22.5. The van der Waals surface area contributed by atoms with Crippen LogP contribution in [0.4, 0.5) is 22.0 Å². The lowest BCUT2D eigenvalue weighted by Gasteiger charge is -2.21. The summed E-state index contributed by atoms with van der Waals surface area (Å²) in [6.07, 6.45) is -0.909. The van der Waals surface area contributed by atoms with Gasteiger partial charge in [-0.1, -0.05) is 82.6 Å². The number of halogens is 5. The Balaban J connectivity index is 1.29. The SMILES string of the molecule is CCCC(C)c1ccc(-c2ccc(OCCC(CCOc3ccc(-c4ccc(C(CC)CC)cc4)c(F)c3)C(F)(F)F)cc2F)cc1. The Kier molecular flexibility index (Phi) is 12.9. The number of hydrogen-bond donors (Lipinski definition) is 0. The third kappa shape index (κ3) is 9.82. The lowest BCUT2D eigenvalue weighted by atomic mass is 9.92. The standard InChI is InChI=1S/C40H45F5O2/c1-5-8-27(4)29-9-13-31(14-10-29)36-19-17-34(25-38(36)41)46-23-21-33(40(43,44)45)22-24-47-35-18-20-37(39(42)26-35)32-15-11-30(12-16-32)28(6-2)7-3/h9-20,25-28,33H,5-8,21-24H2,1-4H3. The molecule has 0 saturated heterocycles. The van der Waals surface area contributed by atoms with Crippen molar-refractivity contribution in [3.63, 3.8) is 0 Å². The molecule has 0 radical (unpaired) electrons. The maximum atomic E-state index is 14.9. The molecule has 0 aliphatic rings. The number of ether oxygens (including phenoxy) is 2. The Morgan fingerprint density at radius 3 is 1.43 bits per heavy atom. The monoisotopic (exact) mass is 652 g/mol. The topological polar surface area (TPSA) is 18.5 Å². The molecule has 252 valence electrons. The highest BCUT2D eigenvalue weighted by molar-refractivity contribution is 5.66. The van der Waals surface area contributed by atoms with Crippen LogP contribution in [0.15, 0.2) is 84.9 Å². The number of alkyl halides is 3. The lowest BCUT2D eigenvalue weighted by molar-refractivity contribution is -0.181. The van der Waals surface area contributed by atoms with E-state index in [1.165, 1.54) is 23.3 Å². The average molecular weight is 653 g/mol. The van der Waals surface area contributed by atoms with Crippen LogP contribution in [-0.4, -0.2) is 19.4 Å². The first kappa shape index (κ1) is 36.0. The smallest absolute Gasteiger partial charge is 0.392 e. The summed E-state index contributed by atoms with van der Waals surface area (Å²) < 4.78 is 82.3. The van der Waals surface area contributed by atoms with Gasteiger partial charge in [-0.05, 0) is 90.5 Å². The zero-order chi connectivity index (χ0) is 34.0. The quantitative estimate of drug-likeness (QED) is 0.112. The first-order valence-corrected chi connectivity index (χ1v) is 16.7. The Labute approximate surface area is 275 Å². The zero-order valence-electron chi connectivity index (χ0n) is 27.7. The van der Waals surface area contributed by atoms with Gasteiger partial charge in [-0.15, -0.1) is 0 Å². The molecule has 0 amide bonds. The van der Waals surface area contributed by atoms with Crippen molar-refractivity contribution in [2.45, 2.75) is 84.2 Å². The predicted molar refractivity (Wildman–Crippen MR) is 180 cm³/mol. The van der Waals surface area contributed by atoms with Gasteiger partial charge in [0.25, 0.3) is 0 Å². The fourth-order valence-electron chi connectivity index (χ4n) is 6.04. The maximum Gasteiger partial charge on any atom is 0.392 e. The molecule has 4 rings (SSSR count). The molecule has 4 aromatic rings. The second-order valence-electron chi connectivity index (χ2n) is 12.2. The molecule has 4 aromatic carbocycles. The number of benzene rings is 4. The summed E-state index contributed by atoms with van der Waals surface area (Å²) in [6, 6.07) is 24.3. The van der Waals surface area contributed by atoms with Crippen molar-refractivity contribution in [2.75, 3.05) is 13.2 Å². The molecule has 0 saturated carbocycles. The van der Waals surface area contributed by atoms with E-state index in [0.717, 1.165) is 36.8 Å². The van der Waals surface area contributed by atoms with E-state index >= 15 is 0 Å². The minimum atomic E-state index is -4.47. The molecule has 0 bridgehead atoms. The van der Waals surface area contributed by atoms with E-state index in [2.05, 4.69) is 27.7 Å². The Hall–Kier alpha value is -3.87. The van der Waals surface area contributed by atoms with Crippen molar-refractivity contribution in [1.82, 2.24) is 0 Å². The molecule has 2 atom stereocenters. The second kappa shape index (κ2) is 16.8. The first-order valence-electron chi connectivity index (χ1n) is 16.7. The summed E-state index contributed by atoms with van der Waals surface area (Å²) in [5, 5.41) is 0. The van der Waals surface area contributed by atoms with Gasteiger partial charge >= 0.3 is 6.18 Å². The normalized spacial score (nSPS) is 13.1. The maximum absolute atomic E-state index is 14.9. The van der Waals surface area contributed by atoms with Crippen molar-refractivity contribution in [2.24, 2.45) is 5.92 Å². The summed E-state index contributed by atoms with van der Waals surface area (Å²) in [6.45, 7) is 8.10. The van der Waals surface area contributed by atoms with E-state index in [4.69, 9.17) is 9.47 Å². The van der Waals surface area contributed by atoms with Crippen LogP contribution in [0.5, 0.6) is 11.5 Å². The van der Waals surface area contributed by atoms with E-state index in [1.807, 2.05) is 48.5 Å². The van der Waals surface area contributed by atoms with Crippen molar-refractivity contribution in [3.05, 3.63) is 108 Å². The Bertz CT molecular complexity index is 1540. The highest BCUT2D eigenvalue weighted by Crippen LogP contribution is 2.34. The fourth-order valence-corrected chi connectivity index (χ4v) is 6.04. The summed E-state index contributed by atoms with van der Waals surface area (Å²) >= 11 is 0. The summed E-state index contributed by atoms with van der Waals surface area (Å²) in [5.74, 6) is -1.50. The third-order valence-corrected chi connectivity index (χ3v) is 9.01. The van der Waals surface area contributed by atoms with Gasteiger partial charge in [0, 0.05) is 23.3 Å². The van der Waals surface area contributed by atoms with Crippen LogP contribution in [0.25, 0.3) is 22.3 Å². The van der Waals surface area contributed by atoms with Gasteiger partial charge in [-0.25, -0.2) is 8.78 Å². The molecule has 7 heteroatoms. The fraction of sp³-hybridized carbons (Fsp3) is 0.400. The van der Waals surface area contributed by atoms with E-state index in [-0.39, 0.29) is 37.6 Å². The van der Waals surface area contributed by atoms with Crippen LogP contribution in [0.2, 0.25) is 0 Å². The zero-order valence-corrected chi connectivity index (χ0v) is 27.7. The number of rotatable bonds is 16. The van der Waals surface area contributed by atoms with Gasteiger partial charge in [0.1, 0.15) is 23.1 Å². The molecular formula is C40H45F5O2. The van der Waals surface area contributed by atoms with E-state index in [0.29, 0.717) is 23.0 Å². The lowest BCUT2D eigenvalue weighted by Crippen LogP contribution is -2.26. The average Bonchev–Trinajstić information content (AvgIpc) is 3.05. The molecule has 2 unspecified atom stereocenters. The van der Waals surface area contributed by atoms with Crippen LogP contribution in [0, 0.1) is 17.6 Å². The van der Waals surface area contributed by atoms with Gasteiger partial charge in [0.05, 0.1) is 19.1 Å². The molecule has 0 aromatic heterocycles. The van der Waals surface area contributed by atoms with Gasteiger partial charge in [-0.3, -0.25) is 0 Å². The van der Waals surface area contributed by atoms with Crippen molar-refractivity contribution in [1.29, 1.82) is 0 Å². The van der Waals surface area contributed by atoms with E-state index < -0.39 is 23.7 Å². The molecule has 0 spiro atoms. The highest BCUT2D eigenvalue weighted by atomic mass is 19.4. The van der Waals surface area contributed by atoms with E-state index in [9.17, 15) is 22.0 Å².